The first-order valence-electron chi connectivity index (χ1n) is 8.21. The van der Waals surface area contributed by atoms with Gasteiger partial charge < -0.3 is 25.4 Å². The quantitative estimate of drug-likeness (QED) is 0.659. The second kappa shape index (κ2) is 10.4. The van der Waals surface area contributed by atoms with Crippen LogP contribution in [-0.2, 0) is 11.3 Å². The fraction of sp³-hybridized carbons (Fsp3) is 0.529. The lowest BCUT2D eigenvalue weighted by molar-refractivity contribution is -0.132. The van der Waals surface area contributed by atoms with E-state index in [0.29, 0.717) is 12.0 Å². The van der Waals surface area contributed by atoms with Crippen LogP contribution in [-0.4, -0.2) is 43.6 Å². The number of likely N-dealkylation sites (N-methyl/N-ethyl adjacent to an activating group) is 1. The van der Waals surface area contributed by atoms with Crippen molar-refractivity contribution >= 4 is 11.9 Å². The number of carbonyl (C=O) groups is 2. The molecule has 3 N–H and O–H groups in total. The van der Waals surface area contributed by atoms with Gasteiger partial charge >= 0.3 is 12.6 Å². The number of carbonyl (C=O) groups excluding carboxylic acids is 2. The van der Waals surface area contributed by atoms with Gasteiger partial charge in [-0.25, -0.2) is 4.79 Å². The third-order valence-electron chi connectivity index (χ3n) is 3.70. The van der Waals surface area contributed by atoms with E-state index in [1.54, 1.807) is 13.1 Å². The topological polar surface area (TPSA) is 93.9 Å². The van der Waals surface area contributed by atoms with Gasteiger partial charge in [0.2, 0.25) is 5.91 Å². The first-order valence-corrected chi connectivity index (χ1v) is 8.21. The Morgan fingerprint density at radius 2 is 2.00 bits per heavy atom. The van der Waals surface area contributed by atoms with Crippen molar-refractivity contribution in [1.29, 1.82) is 0 Å². The second-order valence-electron chi connectivity index (χ2n) is 5.76. The number of unbranched alkanes of at least 4 members (excludes halogenated alkanes) is 1. The number of methoxy groups -OCH3 is 1. The number of rotatable bonds is 10. The Bertz CT molecular complexity index is 614. The number of nitrogens with two attached hydrogens (primary N) is 1. The van der Waals surface area contributed by atoms with Crippen LogP contribution in [0, 0.1) is 0 Å². The van der Waals surface area contributed by atoms with Crippen molar-refractivity contribution in [1.82, 2.24) is 10.2 Å². The van der Waals surface area contributed by atoms with Gasteiger partial charge in [0.1, 0.15) is 6.04 Å². The predicted octanol–water partition coefficient (Wildman–Crippen LogP) is 2.48. The molecule has 1 unspecified atom stereocenters. The molecule has 0 fully saturated rings. The summed E-state index contributed by atoms with van der Waals surface area (Å²) in [6, 6.07) is 2.97. The molecule has 0 aromatic heterocycles. The molecule has 0 saturated carbocycles. The maximum absolute atomic E-state index is 12.6. The summed E-state index contributed by atoms with van der Waals surface area (Å²) in [5.74, 6) is -0.234. The molecule has 146 valence electrons. The van der Waals surface area contributed by atoms with E-state index in [1.807, 2.05) is 6.92 Å². The van der Waals surface area contributed by atoms with Crippen LogP contribution in [0.15, 0.2) is 18.2 Å². The maximum Gasteiger partial charge on any atom is 0.387 e. The van der Waals surface area contributed by atoms with Gasteiger partial charge in [-0.2, -0.15) is 8.78 Å². The lowest BCUT2D eigenvalue weighted by Crippen LogP contribution is -2.48. The molecule has 1 rings (SSSR count). The van der Waals surface area contributed by atoms with Crippen LogP contribution in [0.25, 0.3) is 0 Å². The zero-order valence-electron chi connectivity index (χ0n) is 15.1. The zero-order valence-corrected chi connectivity index (χ0v) is 15.1. The molecule has 1 aromatic carbocycles. The molecule has 1 atom stereocenters. The number of urea groups is 1. The van der Waals surface area contributed by atoms with Crippen LogP contribution >= 0.6 is 0 Å². The van der Waals surface area contributed by atoms with Crippen LogP contribution in [0.1, 0.15) is 31.7 Å². The van der Waals surface area contributed by atoms with Crippen LogP contribution in [0.3, 0.4) is 0 Å². The molecule has 0 aliphatic heterocycles. The number of hydrogen-bond acceptors (Lipinski definition) is 4. The molecular formula is C17H25F2N3O4. The van der Waals surface area contributed by atoms with E-state index in [1.165, 1.54) is 24.1 Å². The monoisotopic (exact) mass is 373 g/mol. The van der Waals surface area contributed by atoms with E-state index in [0.717, 1.165) is 12.8 Å². The van der Waals surface area contributed by atoms with E-state index >= 15 is 0 Å². The molecule has 0 heterocycles. The molecule has 0 aliphatic carbocycles. The molecule has 0 aliphatic rings. The predicted molar refractivity (Wildman–Crippen MR) is 92.1 cm³/mol. The summed E-state index contributed by atoms with van der Waals surface area (Å²) in [5.41, 5.74) is 5.80. The van der Waals surface area contributed by atoms with E-state index in [4.69, 9.17) is 10.5 Å². The van der Waals surface area contributed by atoms with Gasteiger partial charge in [-0.3, -0.25) is 4.79 Å². The fourth-order valence-corrected chi connectivity index (χ4v) is 2.46. The van der Waals surface area contributed by atoms with Crippen molar-refractivity contribution in [2.45, 2.75) is 45.4 Å². The molecule has 3 amide bonds. The molecule has 7 nitrogen and oxygen atoms in total. The first-order chi connectivity index (χ1) is 12.3. The summed E-state index contributed by atoms with van der Waals surface area (Å²) in [6.45, 7) is -0.781. The molecular weight excluding hydrogens is 348 g/mol. The highest BCUT2D eigenvalue weighted by molar-refractivity contribution is 5.86. The Hall–Kier alpha value is -2.58. The van der Waals surface area contributed by atoms with E-state index in [-0.39, 0.29) is 24.0 Å². The minimum atomic E-state index is -2.96. The highest BCUT2D eigenvalue weighted by atomic mass is 19.3. The van der Waals surface area contributed by atoms with Crippen molar-refractivity contribution in [3.05, 3.63) is 23.8 Å². The number of halogens is 2. The van der Waals surface area contributed by atoms with Crippen LogP contribution in [0.2, 0.25) is 0 Å². The van der Waals surface area contributed by atoms with Gasteiger partial charge in [0.25, 0.3) is 0 Å². The number of alkyl halides is 2. The van der Waals surface area contributed by atoms with E-state index in [9.17, 15) is 18.4 Å². The Morgan fingerprint density at radius 1 is 1.31 bits per heavy atom. The Labute approximate surface area is 151 Å². The number of nitrogens with zero attached hydrogens (tertiary/aromatic N) is 1. The molecule has 0 saturated heterocycles. The van der Waals surface area contributed by atoms with Crippen molar-refractivity contribution in [2.24, 2.45) is 5.73 Å². The molecule has 1 aromatic rings. The number of amides is 3. The minimum absolute atomic E-state index is 0.0866. The normalized spacial score (nSPS) is 11.8. The standard InChI is InChI=1S/C17H25F2N3O4/c1-4-5-6-12(21-17(20)24)15(23)22(2)10-11-7-8-13(26-16(18)19)14(9-11)25-3/h7-9,12,16H,4-6,10H2,1-3H3,(H3,20,21,24). The third-order valence-corrected chi connectivity index (χ3v) is 3.70. The third kappa shape index (κ3) is 6.73. The smallest absolute Gasteiger partial charge is 0.387 e. The summed E-state index contributed by atoms with van der Waals surface area (Å²) >= 11 is 0. The zero-order chi connectivity index (χ0) is 19.7. The highest BCUT2D eigenvalue weighted by Crippen LogP contribution is 2.29. The maximum atomic E-state index is 12.6. The molecule has 26 heavy (non-hydrogen) atoms. The molecule has 0 bridgehead atoms. The summed E-state index contributed by atoms with van der Waals surface area (Å²) in [5, 5.41) is 2.45. The van der Waals surface area contributed by atoms with Crippen molar-refractivity contribution in [2.75, 3.05) is 14.2 Å². The van der Waals surface area contributed by atoms with Crippen molar-refractivity contribution < 1.29 is 27.8 Å². The van der Waals surface area contributed by atoms with Gasteiger partial charge in [-0.05, 0) is 24.1 Å². The minimum Gasteiger partial charge on any atom is -0.493 e. The average molecular weight is 373 g/mol. The lowest BCUT2D eigenvalue weighted by Gasteiger charge is -2.24. The van der Waals surface area contributed by atoms with E-state index in [2.05, 4.69) is 10.1 Å². The summed E-state index contributed by atoms with van der Waals surface area (Å²) in [7, 11) is 2.92. The summed E-state index contributed by atoms with van der Waals surface area (Å²) in [6.07, 6.45) is 2.11. The Balaban J connectivity index is 2.85. The summed E-state index contributed by atoms with van der Waals surface area (Å²) in [4.78, 5) is 25.1. The van der Waals surface area contributed by atoms with Crippen molar-refractivity contribution in [3.8, 4) is 11.5 Å². The Kier molecular flexibility index (Phi) is 8.60. The number of ether oxygens (including phenoxy) is 2. The summed E-state index contributed by atoms with van der Waals surface area (Å²) < 4.78 is 34.2. The molecule has 0 radical (unpaired) electrons. The SMILES string of the molecule is CCCCC(NC(N)=O)C(=O)N(C)Cc1ccc(OC(F)F)c(OC)c1. The fourth-order valence-electron chi connectivity index (χ4n) is 2.46. The number of hydrogen-bond donors (Lipinski definition) is 2. The highest BCUT2D eigenvalue weighted by Gasteiger charge is 2.23. The molecule has 0 spiro atoms. The lowest BCUT2D eigenvalue weighted by atomic mass is 10.1. The molecule has 9 heteroatoms. The van der Waals surface area contributed by atoms with Crippen molar-refractivity contribution in [3.63, 3.8) is 0 Å². The number of nitrogens with one attached hydrogen (secondary N) is 1. The number of primary amides is 1. The number of benzene rings is 1. The Morgan fingerprint density at radius 3 is 2.54 bits per heavy atom. The van der Waals surface area contributed by atoms with Gasteiger partial charge in [0.05, 0.1) is 7.11 Å². The van der Waals surface area contributed by atoms with Crippen LogP contribution in [0.4, 0.5) is 13.6 Å². The van der Waals surface area contributed by atoms with E-state index < -0.39 is 18.7 Å². The second-order valence-corrected chi connectivity index (χ2v) is 5.76. The largest absolute Gasteiger partial charge is 0.493 e. The van der Waals surface area contributed by atoms with Crippen LogP contribution < -0.4 is 20.5 Å². The van der Waals surface area contributed by atoms with Gasteiger partial charge in [-0.1, -0.05) is 25.8 Å². The van der Waals surface area contributed by atoms with Crippen LogP contribution in [0.5, 0.6) is 11.5 Å². The van der Waals surface area contributed by atoms with Gasteiger partial charge in [0, 0.05) is 13.6 Å². The first kappa shape index (κ1) is 21.5. The van der Waals surface area contributed by atoms with Gasteiger partial charge in [-0.15, -0.1) is 0 Å². The average Bonchev–Trinajstić information content (AvgIpc) is 2.58. The van der Waals surface area contributed by atoms with Gasteiger partial charge in [0.15, 0.2) is 11.5 Å².